The van der Waals surface area contributed by atoms with Gasteiger partial charge in [0.1, 0.15) is 5.60 Å². The first-order valence-corrected chi connectivity index (χ1v) is 5.62. The minimum Gasteiger partial charge on any atom is -0.444 e. The fraction of sp³-hybridized carbons (Fsp3) is 0.909. The first-order chi connectivity index (χ1) is 7.29. The van der Waals surface area contributed by atoms with Crippen LogP contribution in [0.2, 0.25) is 0 Å². The fourth-order valence-electron chi connectivity index (χ4n) is 1.79. The Labute approximate surface area is 95.8 Å². The molecule has 1 aliphatic rings. The second kappa shape index (κ2) is 5.01. The smallest absolute Gasteiger partial charge is 0.407 e. The van der Waals surface area contributed by atoms with E-state index in [0.29, 0.717) is 13.0 Å². The lowest BCUT2D eigenvalue weighted by Crippen LogP contribution is -2.38. The first kappa shape index (κ1) is 13.3. The van der Waals surface area contributed by atoms with Crippen molar-refractivity contribution in [2.75, 3.05) is 6.54 Å². The summed E-state index contributed by atoms with van der Waals surface area (Å²) >= 11 is 0. The molecule has 16 heavy (non-hydrogen) atoms. The molecule has 0 radical (unpaired) electrons. The van der Waals surface area contributed by atoms with E-state index in [1.54, 1.807) is 20.8 Å². The Bertz CT molecular complexity index is 249. The zero-order valence-electron chi connectivity index (χ0n) is 10.1. The summed E-state index contributed by atoms with van der Waals surface area (Å²) in [4.78, 5) is 11.3. The minimum absolute atomic E-state index is 0.0810. The van der Waals surface area contributed by atoms with Gasteiger partial charge < -0.3 is 20.3 Å². The van der Waals surface area contributed by atoms with Crippen molar-refractivity contribution in [1.29, 1.82) is 0 Å². The summed E-state index contributed by atoms with van der Waals surface area (Å²) in [6.07, 6.45) is -0.582. The van der Waals surface area contributed by atoms with Gasteiger partial charge in [0.05, 0.1) is 12.2 Å². The molecule has 3 N–H and O–H groups in total. The predicted octanol–water partition coefficient (Wildman–Crippen LogP) is 0.643. The number of hydrogen-bond donors (Lipinski definition) is 3. The van der Waals surface area contributed by atoms with Crippen LogP contribution in [-0.2, 0) is 4.74 Å². The molecule has 1 aliphatic carbocycles. The standard InChI is InChI=1S/C11H21NO4/c1-11(2,3)16-10(15)12-6-7-4-5-8(13)9(7)14/h7-9,13-14H,4-6H2,1-3H3,(H,12,15)/t7-,8+,9-/m1/s1. The maximum absolute atomic E-state index is 11.3. The van der Waals surface area contributed by atoms with Crippen LogP contribution in [0.3, 0.4) is 0 Å². The van der Waals surface area contributed by atoms with Crippen molar-refractivity contribution >= 4 is 6.09 Å². The molecule has 0 aromatic carbocycles. The van der Waals surface area contributed by atoms with Gasteiger partial charge in [0, 0.05) is 12.5 Å². The number of carbonyl (C=O) groups excluding carboxylic acids is 1. The van der Waals surface area contributed by atoms with Gasteiger partial charge in [-0.05, 0) is 33.6 Å². The van der Waals surface area contributed by atoms with Crippen LogP contribution in [0.4, 0.5) is 4.79 Å². The van der Waals surface area contributed by atoms with E-state index in [1.165, 1.54) is 0 Å². The maximum atomic E-state index is 11.3. The van der Waals surface area contributed by atoms with Crippen LogP contribution in [0.5, 0.6) is 0 Å². The Kier molecular flexibility index (Phi) is 4.15. The van der Waals surface area contributed by atoms with Crippen LogP contribution in [0.15, 0.2) is 0 Å². The molecule has 0 aliphatic heterocycles. The number of hydrogen-bond acceptors (Lipinski definition) is 4. The Morgan fingerprint density at radius 3 is 2.44 bits per heavy atom. The third kappa shape index (κ3) is 3.98. The molecule has 5 nitrogen and oxygen atoms in total. The predicted molar refractivity (Wildman–Crippen MR) is 59.0 cm³/mol. The molecule has 0 unspecified atom stereocenters. The molecule has 1 fully saturated rings. The van der Waals surface area contributed by atoms with Gasteiger partial charge in [0.2, 0.25) is 0 Å². The molecule has 5 heteroatoms. The van der Waals surface area contributed by atoms with Gasteiger partial charge in [-0.2, -0.15) is 0 Å². The number of aliphatic hydroxyl groups excluding tert-OH is 2. The summed E-state index contributed by atoms with van der Waals surface area (Å²) in [7, 11) is 0. The lowest BCUT2D eigenvalue weighted by Gasteiger charge is -2.21. The highest BCUT2D eigenvalue weighted by atomic mass is 16.6. The summed E-state index contributed by atoms with van der Waals surface area (Å²) < 4.78 is 5.07. The van der Waals surface area contributed by atoms with Crippen LogP contribution in [0.25, 0.3) is 0 Å². The van der Waals surface area contributed by atoms with Crippen molar-refractivity contribution in [2.45, 2.75) is 51.4 Å². The van der Waals surface area contributed by atoms with Gasteiger partial charge in [-0.1, -0.05) is 0 Å². The lowest BCUT2D eigenvalue weighted by atomic mass is 10.1. The number of rotatable bonds is 2. The average molecular weight is 231 g/mol. The molecule has 94 valence electrons. The van der Waals surface area contributed by atoms with E-state index >= 15 is 0 Å². The van der Waals surface area contributed by atoms with Crippen LogP contribution >= 0.6 is 0 Å². The van der Waals surface area contributed by atoms with Crippen molar-refractivity contribution in [2.24, 2.45) is 5.92 Å². The second-order valence-electron chi connectivity index (χ2n) is 5.28. The topological polar surface area (TPSA) is 78.8 Å². The molecule has 0 heterocycles. The highest BCUT2D eigenvalue weighted by molar-refractivity contribution is 5.67. The van der Waals surface area contributed by atoms with Crippen molar-refractivity contribution in [1.82, 2.24) is 5.32 Å². The Hall–Kier alpha value is -0.810. The van der Waals surface area contributed by atoms with Crippen LogP contribution < -0.4 is 5.32 Å². The summed E-state index contributed by atoms with van der Waals surface area (Å²) in [6, 6.07) is 0. The average Bonchev–Trinajstić information content (AvgIpc) is 2.42. The van der Waals surface area contributed by atoms with Gasteiger partial charge in [0.25, 0.3) is 0 Å². The van der Waals surface area contributed by atoms with Crippen LogP contribution in [0, 0.1) is 5.92 Å². The van der Waals surface area contributed by atoms with Gasteiger partial charge in [-0.3, -0.25) is 0 Å². The van der Waals surface area contributed by atoms with Gasteiger partial charge >= 0.3 is 6.09 Å². The van der Waals surface area contributed by atoms with Crippen molar-refractivity contribution in [3.8, 4) is 0 Å². The van der Waals surface area contributed by atoms with E-state index in [0.717, 1.165) is 6.42 Å². The number of alkyl carbamates (subject to hydrolysis) is 1. The first-order valence-electron chi connectivity index (χ1n) is 5.62. The number of ether oxygens (including phenoxy) is 1. The summed E-state index contributed by atoms with van der Waals surface area (Å²) in [5.74, 6) is -0.0810. The lowest BCUT2D eigenvalue weighted by molar-refractivity contribution is 0.0182. The molecule has 0 saturated heterocycles. The SMILES string of the molecule is CC(C)(C)OC(=O)NC[C@H]1CC[C@H](O)[C@@H]1O. The van der Waals surface area contributed by atoms with Gasteiger partial charge in [0.15, 0.2) is 0 Å². The summed E-state index contributed by atoms with van der Waals surface area (Å²) in [6.45, 7) is 5.72. The van der Waals surface area contributed by atoms with Gasteiger partial charge in [-0.15, -0.1) is 0 Å². The van der Waals surface area contributed by atoms with Crippen molar-refractivity contribution in [3.05, 3.63) is 0 Å². The Morgan fingerprint density at radius 2 is 2.00 bits per heavy atom. The van der Waals surface area contributed by atoms with Gasteiger partial charge in [-0.25, -0.2) is 4.79 Å². The molecule has 3 atom stereocenters. The molecule has 1 saturated carbocycles. The Morgan fingerprint density at radius 1 is 1.38 bits per heavy atom. The number of carbonyl (C=O) groups is 1. The van der Waals surface area contributed by atoms with E-state index < -0.39 is 23.9 Å². The van der Waals surface area contributed by atoms with E-state index in [1.807, 2.05) is 0 Å². The second-order valence-corrected chi connectivity index (χ2v) is 5.28. The molecule has 1 rings (SSSR count). The van der Waals surface area contributed by atoms with Crippen molar-refractivity contribution in [3.63, 3.8) is 0 Å². The molecular weight excluding hydrogens is 210 g/mol. The maximum Gasteiger partial charge on any atom is 0.407 e. The highest BCUT2D eigenvalue weighted by Gasteiger charge is 2.33. The van der Waals surface area contributed by atoms with E-state index in [9.17, 15) is 15.0 Å². The zero-order valence-corrected chi connectivity index (χ0v) is 10.1. The molecular formula is C11H21NO4. The molecule has 0 aromatic rings. The number of amides is 1. The monoisotopic (exact) mass is 231 g/mol. The third-order valence-corrected chi connectivity index (χ3v) is 2.62. The quantitative estimate of drug-likeness (QED) is 0.651. The van der Waals surface area contributed by atoms with Crippen LogP contribution in [0.1, 0.15) is 33.6 Å². The van der Waals surface area contributed by atoms with E-state index in [4.69, 9.17) is 4.74 Å². The molecule has 1 amide bonds. The Balaban J connectivity index is 2.27. The fourth-order valence-corrected chi connectivity index (χ4v) is 1.79. The zero-order chi connectivity index (χ0) is 12.3. The number of nitrogens with one attached hydrogen (secondary N) is 1. The molecule has 0 bridgehead atoms. The van der Waals surface area contributed by atoms with E-state index in [2.05, 4.69) is 5.32 Å². The molecule has 0 aromatic heterocycles. The normalized spacial score (nSPS) is 30.2. The van der Waals surface area contributed by atoms with E-state index in [-0.39, 0.29) is 5.92 Å². The third-order valence-electron chi connectivity index (χ3n) is 2.62. The largest absolute Gasteiger partial charge is 0.444 e. The molecule has 0 spiro atoms. The van der Waals surface area contributed by atoms with Crippen molar-refractivity contribution < 1.29 is 19.7 Å². The number of aliphatic hydroxyl groups is 2. The highest BCUT2D eigenvalue weighted by Crippen LogP contribution is 2.25. The van der Waals surface area contributed by atoms with Crippen LogP contribution in [-0.4, -0.2) is 40.7 Å². The minimum atomic E-state index is -0.741. The summed E-state index contributed by atoms with van der Waals surface area (Å²) in [5.41, 5.74) is -0.516. The summed E-state index contributed by atoms with van der Waals surface area (Å²) in [5, 5.41) is 21.5.